The Labute approximate surface area is 101 Å². The number of benzene rings is 1. The maximum absolute atomic E-state index is 11.1. The average Bonchev–Trinajstić information content (AvgIpc) is 2.79. The molecule has 4 nitrogen and oxygen atoms in total. The molecule has 1 atom stereocenters. The van der Waals surface area contributed by atoms with Crippen LogP contribution >= 0.6 is 0 Å². The monoisotopic (exact) mass is 234 g/mol. The van der Waals surface area contributed by atoms with Crippen LogP contribution in [0.5, 0.6) is 0 Å². The summed E-state index contributed by atoms with van der Waals surface area (Å²) in [7, 11) is 0. The summed E-state index contributed by atoms with van der Waals surface area (Å²) in [4.78, 5) is 13.1. The van der Waals surface area contributed by atoms with Gasteiger partial charge in [0.15, 0.2) is 0 Å². The van der Waals surface area contributed by atoms with Crippen molar-refractivity contribution in [3.05, 3.63) is 29.8 Å². The zero-order valence-electron chi connectivity index (χ0n) is 10.1. The molecular formula is C13H18N2O2. The molecule has 1 aliphatic rings. The van der Waals surface area contributed by atoms with Gasteiger partial charge in [0.2, 0.25) is 5.91 Å². The predicted octanol–water partition coefficient (Wildman–Crippen LogP) is 1.42. The quantitative estimate of drug-likeness (QED) is 0.857. The van der Waals surface area contributed by atoms with Gasteiger partial charge in [0.05, 0.1) is 6.54 Å². The van der Waals surface area contributed by atoms with Crippen LogP contribution in [0.3, 0.4) is 0 Å². The number of carbonyl (C=O) groups is 1. The number of nitrogens with zero attached hydrogens (tertiary/aromatic N) is 1. The molecule has 0 bridgehead atoms. The van der Waals surface area contributed by atoms with E-state index < -0.39 is 0 Å². The lowest BCUT2D eigenvalue weighted by Crippen LogP contribution is -2.41. The third kappa shape index (κ3) is 2.97. The molecule has 92 valence electrons. The lowest BCUT2D eigenvalue weighted by Gasteiger charge is -2.29. The van der Waals surface area contributed by atoms with Crippen molar-refractivity contribution in [2.24, 2.45) is 5.73 Å². The number of hydrogen-bond acceptors (Lipinski definition) is 3. The van der Waals surface area contributed by atoms with Gasteiger partial charge in [-0.2, -0.15) is 0 Å². The van der Waals surface area contributed by atoms with E-state index in [2.05, 4.69) is 0 Å². The van der Waals surface area contributed by atoms with E-state index in [1.807, 2.05) is 36.1 Å². The lowest BCUT2D eigenvalue weighted by atomic mass is 10.2. The highest BCUT2D eigenvalue weighted by Crippen LogP contribution is 2.24. The van der Waals surface area contributed by atoms with E-state index in [1.165, 1.54) is 0 Å². The van der Waals surface area contributed by atoms with E-state index in [0.29, 0.717) is 0 Å². The van der Waals surface area contributed by atoms with Crippen LogP contribution in [0.1, 0.15) is 18.4 Å². The van der Waals surface area contributed by atoms with Crippen LogP contribution in [-0.2, 0) is 9.53 Å². The molecule has 1 unspecified atom stereocenters. The predicted molar refractivity (Wildman–Crippen MR) is 66.7 cm³/mol. The zero-order chi connectivity index (χ0) is 12.3. The molecule has 4 heteroatoms. The van der Waals surface area contributed by atoms with Crippen LogP contribution in [0.4, 0.5) is 5.69 Å². The Hall–Kier alpha value is -1.55. The molecule has 1 amide bonds. The summed E-state index contributed by atoms with van der Waals surface area (Å²) in [5.74, 6) is -0.331. The highest BCUT2D eigenvalue weighted by molar-refractivity contribution is 5.79. The smallest absolute Gasteiger partial charge is 0.237 e. The number of carbonyl (C=O) groups excluding carboxylic acids is 1. The van der Waals surface area contributed by atoms with Gasteiger partial charge in [-0.25, -0.2) is 0 Å². The molecule has 2 N–H and O–H groups in total. The summed E-state index contributed by atoms with van der Waals surface area (Å²) >= 11 is 0. The lowest BCUT2D eigenvalue weighted by molar-refractivity contribution is -0.117. The first-order valence-electron chi connectivity index (χ1n) is 5.90. The van der Waals surface area contributed by atoms with Crippen molar-refractivity contribution in [2.45, 2.75) is 26.0 Å². The zero-order valence-corrected chi connectivity index (χ0v) is 10.1. The van der Waals surface area contributed by atoms with Gasteiger partial charge in [0.25, 0.3) is 0 Å². The van der Waals surface area contributed by atoms with Crippen LogP contribution in [0, 0.1) is 6.92 Å². The second kappa shape index (κ2) is 5.19. The Morgan fingerprint density at radius 3 is 3.00 bits per heavy atom. The summed E-state index contributed by atoms with van der Waals surface area (Å²) in [6, 6.07) is 8.04. The fourth-order valence-corrected chi connectivity index (χ4v) is 2.14. The van der Waals surface area contributed by atoms with Crippen LogP contribution in [0.2, 0.25) is 0 Å². The molecule has 0 spiro atoms. The topological polar surface area (TPSA) is 55.6 Å². The van der Waals surface area contributed by atoms with Crippen LogP contribution < -0.4 is 10.6 Å². The number of hydrogen-bond donors (Lipinski definition) is 1. The Morgan fingerprint density at radius 1 is 1.59 bits per heavy atom. The Bertz CT molecular complexity index is 400. The fourth-order valence-electron chi connectivity index (χ4n) is 2.14. The molecule has 0 aliphatic carbocycles. The van der Waals surface area contributed by atoms with Gasteiger partial charge in [-0.05, 0) is 37.5 Å². The van der Waals surface area contributed by atoms with Crippen molar-refractivity contribution in [3.8, 4) is 0 Å². The molecule has 2 rings (SSSR count). The minimum Gasteiger partial charge on any atom is -0.368 e. The van der Waals surface area contributed by atoms with Crippen LogP contribution in [0.15, 0.2) is 24.3 Å². The summed E-state index contributed by atoms with van der Waals surface area (Å²) < 4.78 is 5.63. The van der Waals surface area contributed by atoms with Gasteiger partial charge in [0, 0.05) is 12.3 Å². The first-order valence-corrected chi connectivity index (χ1v) is 5.90. The van der Waals surface area contributed by atoms with Crippen LogP contribution in [-0.4, -0.2) is 25.3 Å². The Kier molecular flexibility index (Phi) is 3.64. The number of ether oxygens (including phenoxy) is 1. The molecule has 1 aromatic carbocycles. The van der Waals surface area contributed by atoms with Gasteiger partial charge in [-0.3, -0.25) is 4.79 Å². The second-order valence-electron chi connectivity index (χ2n) is 4.40. The van der Waals surface area contributed by atoms with Crippen molar-refractivity contribution in [1.82, 2.24) is 0 Å². The third-order valence-corrected chi connectivity index (χ3v) is 2.91. The van der Waals surface area contributed by atoms with Crippen molar-refractivity contribution in [3.63, 3.8) is 0 Å². The summed E-state index contributed by atoms with van der Waals surface area (Å²) in [6.45, 7) is 2.99. The van der Waals surface area contributed by atoms with Gasteiger partial charge < -0.3 is 15.4 Å². The molecule has 0 radical (unpaired) electrons. The highest BCUT2D eigenvalue weighted by atomic mass is 16.5. The van der Waals surface area contributed by atoms with E-state index >= 15 is 0 Å². The summed E-state index contributed by atoms with van der Waals surface area (Å²) in [5, 5.41) is 0. The average molecular weight is 234 g/mol. The standard InChI is InChI=1S/C13H18N2O2/c1-10-4-2-5-11(8-10)15(9-12(14)16)13-6-3-7-17-13/h2,4-5,8,13H,3,6-7,9H2,1H3,(H2,14,16). The van der Waals surface area contributed by atoms with Gasteiger partial charge >= 0.3 is 0 Å². The maximum Gasteiger partial charge on any atom is 0.237 e. The molecular weight excluding hydrogens is 216 g/mol. The highest BCUT2D eigenvalue weighted by Gasteiger charge is 2.24. The largest absolute Gasteiger partial charge is 0.368 e. The minimum atomic E-state index is -0.331. The molecule has 0 aromatic heterocycles. The normalized spacial score (nSPS) is 19.2. The van der Waals surface area contributed by atoms with Crippen molar-refractivity contribution >= 4 is 11.6 Å². The van der Waals surface area contributed by atoms with Gasteiger partial charge in [-0.15, -0.1) is 0 Å². The Balaban J connectivity index is 2.22. The molecule has 17 heavy (non-hydrogen) atoms. The van der Waals surface area contributed by atoms with Gasteiger partial charge in [-0.1, -0.05) is 12.1 Å². The first-order chi connectivity index (χ1) is 8.16. The molecule has 1 aliphatic heterocycles. The fraction of sp³-hybridized carbons (Fsp3) is 0.462. The molecule has 1 heterocycles. The molecule has 0 saturated carbocycles. The van der Waals surface area contributed by atoms with Gasteiger partial charge in [0.1, 0.15) is 6.23 Å². The van der Waals surface area contributed by atoms with Crippen molar-refractivity contribution in [1.29, 1.82) is 0 Å². The first kappa shape index (κ1) is 11.9. The number of anilines is 1. The maximum atomic E-state index is 11.1. The Morgan fingerprint density at radius 2 is 2.41 bits per heavy atom. The van der Waals surface area contributed by atoms with E-state index in [4.69, 9.17) is 10.5 Å². The van der Waals surface area contributed by atoms with Crippen molar-refractivity contribution in [2.75, 3.05) is 18.1 Å². The number of amides is 1. The molecule has 1 fully saturated rings. The molecule has 1 aromatic rings. The third-order valence-electron chi connectivity index (χ3n) is 2.91. The van der Waals surface area contributed by atoms with E-state index in [9.17, 15) is 4.79 Å². The number of primary amides is 1. The second-order valence-corrected chi connectivity index (χ2v) is 4.40. The number of aryl methyl sites for hydroxylation is 1. The van der Waals surface area contributed by atoms with Crippen LogP contribution in [0.25, 0.3) is 0 Å². The summed E-state index contributed by atoms with van der Waals surface area (Å²) in [5.41, 5.74) is 7.46. The van der Waals surface area contributed by atoms with E-state index in [-0.39, 0.29) is 18.7 Å². The SMILES string of the molecule is Cc1cccc(N(CC(N)=O)C2CCCO2)c1. The van der Waals surface area contributed by atoms with Crippen molar-refractivity contribution < 1.29 is 9.53 Å². The number of rotatable bonds is 4. The molecule has 1 saturated heterocycles. The minimum absolute atomic E-state index is 0.0238. The van der Waals surface area contributed by atoms with E-state index in [0.717, 1.165) is 30.7 Å². The number of nitrogens with two attached hydrogens (primary N) is 1. The summed E-state index contributed by atoms with van der Waals surface area (Å²) in [6.07, 6.45) is 1.96. The van der Waals surface area contributed by atoms with E-state index in [1.54, 1.807) is 0 Å².